The van der Waals surface area contributed by atoms with Crippen molar-refractivity contribution in [2.75, 3.05) is 27.9 Å². The van der Waals surface area contributed by atoms with Crippen LogP contribution in [0, 0.1) is 0 Å². The summed E-state index contributed by atoms with van der Waals surface area (Å²) in [5, 5.41) is 2.79. The van der Waals surface area contributed by atoms with E-state index in [0.29, 0.717) is 27.1 Å². The second-order valence-corrected chi connectivity index (χ2v) is 9.32. The molecule has 192 valence electrons. The normalized spacial score (nSPS) is 12.6. The van der Waals surface area contributed by atoms with Gasteiger partial charge in [0.2, 0.25) is 0 Å². The van der Waals surface area contributed by atoms with Crippen LogP contribution in [0.1, 0.15) is 35.4 Å². The van der Waals surface area contributed by atoms with E-state index in [1.54, 1.807) is 27.4 Å². The van der Waals surface area contributed by atoms with Gasteiger partial charge in [0.15, 0.2) is 11.5 Å². The molecule has 8 heteroatoms. The molecule has 0 aliphatic rings. The van der Waals surface area contributed by atoms with Crippen molar-refractivity contribution < 1.29 is 23.7 Å². The van der Waals surface area contributed by atoms with Crippen LogP contribution in [0.15, 0.2) is 67.0 Å². The number of ether oxygens (including phenoxy) is 4. The molecule has 4 rings (SSSR count). The van der Waals surface area contributed by atoms with E-state index in [-0.39, 0.29) is 12.6 Å². The first-order valence-electron chi connectivity index (χ1n) is 11.6. The fourth-order valence-corrected chi connectivity index (χ4v) is 4.86. The maximum absolute atomic E-state index is 13.2. The van der Waals surface area contributed by atoms with Crippen LogP contribution in [-0.4, -0.2) is 38.9 Å². The Kier molecular flexibility index (Phi) is 8.41. The number of rotatable bonds is 9. The highest BCUT2D eigenvalue weighted by molar-refractivity contribution is 6.35. The molecule has 0 amide bonds. The zero-order valence-corrected chi connectivity index (χ0v) is 22.5. The molecule has 6 nitrogen and oxygen atoms in total. The molecule has 0 fully saturated rings. The van der Waals surface area contributed by atoms with Crippen molar-refractivity contribution in [1.29, 1.82) is 0 Å². The minimum Gasteiger partial charge on any atom is -0.497 e. The number of methoxy groups -OCH3 is 3. The standard InChI is InChI=1S/C29H27Cl2NO5/c1-17(18-5-6-20-12-22(34-2)9-7-19(20)11-18)29(33)37-16-23(28-24(30)14-32-15-25(28)31)21-8-10-26(35-3)27(13-21)36-4/h5-15,17,23H,16H2,1-4H3/t17?,23-/m1/s1. The van der Waals surface area contributed by atoms with Gasteiger partial charge in [-0.15, -0.1) is 0 Å². The molecule has 3 aromatic carbocycles. The van der Waals surface area contributed by atoms with Crippen molar-refractivity contribution in [3.63, 3.8) is 0 Å². The third-order valence-corrected chi connectivity index (χ3v) is 6.97. The molecular weight excluding hydrogens is 513 g/mol. The summed E-state index contributed by atoms with van der Waals surface area (Å²) in [5.41, 5.74) is 2.27. The van der Waals surface area contributed by atoms with Gasteiger partial charge in [-0.3, -0.25) is 9.78 Å². The number of hydrogen-bond acceptors (Lipinski definition) is 6. The van der Waals surface area contributed by atoms with E-state index in [1.165, 1.54) is 12.4 Å². The highest BCUT2D eigenvalue weighted by Crippen LogP contribution is 2.39. The van der Waals surface area contributed by atoms with Gasteiger partial charge in [0.1, 0.15) is 12.4 Å². The Morgan fingerprint density at radius 1 is 0.811 bits per heavy atom. The lowest BCUT2D eigenvalue weighted by molar-refractivity contribution is -0.145. The Bertz CT molecular complexity index is 1400. The minimum absolute atomic E-state index is 0.0207. The topological polar surface area (TPSA) is 66.9 Å². The van der Waals surface area contributed by atoms with E-state index < -0.39 is 11.8 Å². The van der Waals surface area contributed by atoms with Crippen LogP contribution in [0.4, 0.5) is 0 Å². The molecule has 4 aromatic rings. The molecular formula is C29H27Cl2NO5. The fourth-order valence-electron chi connectivity index (χ4n) is 4.24. The Balaban J connectivity index is 1.61. The number of benzene rings is 3. The van der Waals surface area contributed by atoms with Crippen LogP contribution < -0.4 is 14.2 Å². The summed E-state index contributed by atoms with van der Waals surface area (Å²) in [4.78, 5) is 17.2. The van der Waals surface area contributed by atoms with Crippen LogP contribution in [0.5, 0.6) is 17.2 Å². The molecule has 37 heavy (non-hydrogen) atoms. The molecule has 1 aromatic heterocycles. The number of halogens is 2. The van der Waals surface area contributed by atoms with Crippen molar-refractivity contribution >= 4 is 39.9 Å². The number of aromatic nitrogens is 1. The van der Waals surface area contributed by atoms with Gasteiger partial charge in [0, 0.05) is 23.9 Å². The fraction of sp³-hybridized carbons (Fsp3) is 0.241. The predicted molar refractivity (Wildman–Crippen MR) is 146 cm³/mol. The summed E-state index contributed by atoms with van der Waals surface area (Å²) in [7, 11) is 4.76. The van der Waals surface area contributed by atoms with E-state index in [0.717, 1.165) is 27.6 Å². The van der Waals surface area contributed by atoms with E-state index in [1.807, 2.05) is 55.5 Å². The van der Waals surface area contributed by atoms with Gasteiger partial charge in [-0.2, -0.15) is 0 Å². The summed E-state index contributed by atoms with van der Waals surface area (Å²) in [6, 6.07) is 17.2. The molecule has 0 aliphatic carbocycles. The van der Waals surface area contributed by atoms with Gasteiger partial charge < -0.3 is 18.9 Å². The second kappa shape index (κ2) is 11.7. The summed E-state index contributed by atoms with van der Waals surface area (Å²) >= 11 is 13.0. The number of carbonyl (C=O) groups excluding carboxylic acids is 1. The summed E-state index contributed by atoms with van der Waals surface area (Å²) in [5.74, 6) is 0.598. The number of nitrogens with zero attached hydrogens (tertiary/aromatic N) is 1. The minimum atomic E-state index is -0.485. The lowest BCUT2D eigenvalue weighted by atomic mass is 9.92. The molecule has 1 heterocycles. The second-order valence-electron chi connectivity index (χ2n) is 8.51. The smallest absolute Gasteiger partial charge is 0.313 e. The SMILES string of the molecule is COc1ccc2cc(C(C)C(=O)OC[C@H](c3ccc(OC)c(OC)c3)c3c(Cl)cncc3Cl)ccc2c1. The molecule has 1 unspecified atom stereocenters. The first-order valence-corrected chi connectivity index (χ1v) is 12.4. The van der Waals surface area contributed by atoms with E-state index in [4.69, 9.17) is 42.1 Å². The number of carbonyl (C=O) groups is 1. The first kappa shape index (κ1) is 26.6. The van der Waals surface area contributed by atoms with Gasteiger partial charge >= 0.3 is 5.97 Å². The van der Waals surface area contributed by atoms with Gasteiger partial charge in [-0.1, -0.05) is 53.5 Å². The predicted octanol–water partition coefficient (Wildman–Crippen LogP) is 7.05. The van der Waals surface area contributed by atoms with Gasteiger partial charge in [0.25, 0.3) is 0 Å². The largest absolute Gasteiger partial charge is 0.497 e. The number of fused-ring (bicyclic) bond motifs is 1. The van der Waals surface area contributed by atoms with Crippen LogP contribution in [-0.2, 0) is 9.53 Å². The summed E-state index contributed by atoms with van der Waals surface area (Å²) < 4.78 is 22.0. The maximum atomic E-state index is 13.2. The zero-order chi connectivity index (χ0) is 26.5. The zero-order valence-electron chi connectivity index (χ0n) is 21.0. The van der Waals surface area contributed by atoms with Gasteiger partial charge in [-0.25, -0.2) is 0 Å². The molecule has 2 atom stereocenters. The third-order valence-electron chi connectivity index (χ3n) is 6.37. The molecule has 0 bridgehead atoms. The quantitative estimate of drug-likeness (QED) is 0.212. The van der Waals surface area contributed by atoms with Crippen molar-refractivity contribution in [1.82, 2.24) is 4.98 Å². The highest BCUT2D eigenvalue weighted by Gasteiger charge is 2.26. The Hall–Kier alpha value is -3.48. The lowest BCUT2D eigenvalue weighted by Gasteiger charge is -2.22. The third kappa shape index (κ3) is 5.76. The summed E-state index contributed by atoms with van der Waals surface area (Å²) in [6.07, 6.45) is 3.04. The monoisotopic (exact) mass is 539 g/mol. The lowest BCUT2D eigenvalue weighted by Crippen LogP contribution is -2.19. The van der Waals surface area contributed by atoms with E-state index >= 15 is 0 Å². The van der Waals surface area contributed by atoms with Crippen LogP contribution in [0.2, 0.25) is 10.0 Å². The van der Waals surface area contributed by atoms with Gasteiger partial charge in [-0.05, 0) is 53.1 Å². The molecule has 0 radical (unpaired) electrons. The number of esters is 1. The van der Waals surface area contributed by atoms with Crippen LogP contribution in [0.3, 0.4) is 0 Å². The first-order chi connectivity index (χ1) is 17.9. The molecule has 0 saturated carbocycles. The van der Waals surface area contributed by atoms with Crippen LogP contribution in [0.25, 0.3) is 10.8 Å². The number of hydrogen-bond donors (Lipinski definition) is 0. The van der Waals surface area contributed by atoms with Crippen molar-refractivity contribution in [3.8, 4) is 17.2 Å². The molecule has 0 aliphatic heterocycles. The number of pyridine rings is 1. The van der Waals surface area contributed by atoms with E-state index in [2.05, 4.69) is 4.98 Å². The van der Waals surface area contributed by atoms with Gasteiger partial charge in [0.05, 0.1) is 37.3 Å². The highest BCUT2D eigenvalue weighted by atomic mass is 35.5. The summed E-state index contributed by atoms with van der Waals surface area (Å²) in [6.45, 7) is 1.84. The average Bonchev–Trinajstić information content (AvgIpc) is 2.92. The molecule has 0 saturated heterocycles. The Morgan fingerprint density at radius 2 is 1.46 bits per heavy atom. The van der Waals surface area contributed by atoms with Crippen molar-refractivity contribution in [2.24, 2.45) is 0 Å². The van der Waals surface area contributed by atoms with E-state index in [9.17, 15) is 4.79 Å². The van der Waals surface area contributed by atoms with Crippen molar-refractivity contribution in [2.45, 2.75) is 18.8 Å². The molecule has 0 N–H and O–H groups in total. The Labute approximate surface area is 226 Å². The van der Waals surface area contributed by atoms with Crippen molar-refractivity contribution in [3.05, 3.63) is 93.7 Å². The maximum Gasteiger partial charge on any atom is 0.313 e. The Morgan fingerprint density at radius 3 is 2.14 bits per heavy atom. The molecule has 0 spiro atoms. The average molecular weight is 540 g/mol. The van der Waals surface area contributed by atoms with Crippen LogP contribution >= 0.6 is 23.2 Å².